The number of carbonyl (C=O) groups is 1. The van der Waals surface area contributed by atoms with Gasteiger partial charge in [0.25, 0.3) is 5.91 Å². The first-order chi connectivity index (χ1) is 15.7. The van der Waals surface area contributed by atoms with Crippen molar-refractivity contribution >= 4 is 44.5 Å². The first-order valence-electron chi connectivity index (χ1n) is 11.1. The second-order valence-corrected chi connectivity index (χ2v) is 12.1. The fraction of sp³-hybridized carbons (Fsp3) is 0.591. The SMILES string of the molecule is O=C(NO)C1(CS(=O)(=O)C2CC(c3ccc(Cl)cc3Cl)=CCN2)CCN([C@H]2CCOC2)CC1. The van der Waals surface area contributed by atoms with Crippen LogP contribution >= 0.6 is 23.2 Å². The number of nitrogens with one attached hydrogen (secondary N) is 2. The minimum absolute atomic E-state index is 0.228. The molecular weight excluding hydrogens is 489 g/mol. The summed E-state index contributed by atoms with van der Waals surface area (Å²) >= 11 is 12.3. The Balaban J connectivity index is 1.49. The van der Waals surface area contributed by atoms with Crippen LogP contribution in [0.3, 0.4) is 0 Å². The van der Waals surface area contributed by atoms with Crippen LogP contribution in [0.4, 0.5) is 0 Å². The van der Waals surface area contributed by atoms with E-state index in [0.717, 1.165) is 24.2 Å². The van der Waals surface area contributed by atoms with E-state index in [4.69, 9.17) is 27.9 Å². The van der Waals surface area contributed by atoms with E-state index in [-0.39, 0.29) is 12.2 Å². The lowest BCUT2D eigenvalue weighted by Crippen LogP contribution is -2.55. The molecule has 2 saturated heterocycles. The van der Waals surface area contributed by atoms with Gasteiger partial charge in [-0.05, 0) is 55.6 Å². The average molecular weight is 518 g/mol. The number of ether oxygens (including phenoxy) is 1. The highest BCUT2D eigenvalue weighted by molar-refractivity contribution is 7.92. The Bertz CT molecular complexity index is 1020. The number of halogens is 2. The number of carbonyl (C=O) groups excluding carboxylic acids is 1. The Morgan fingerprint density at radius 1 is 1.30 bits per heavy atom. The number of hydroxylamine groups is 1. The highest BCUT2D eigenvalue weighted by Crippen LogP contribution is 2.38. The molecule has 1 unspecified atom stereocenters. The Labute approximate surface area is 204 Å². The van der Waals surface area contributed by atoms with E-state index in [9.17, 15) is 18.4 Å². The van der Waals surface area contributed by atoms with Gasteiger partial charge in [0.05, 0.1) is 17.8 Å². The quantitative estimate of drug-likeness (QED) is 0.392. The molecule has 0 saturated carbocycles. The molecule has 33 heavy (non-hydrogen) atoms. The lowest BCUT2D eigenvalue weighted by atomic mass is 9.79. The lowest BCUT2D eigenvalue weighted by Gasteiger charge is -2.42. The summed E-state index contributed by atoms with van der Waals surface area (Å²) in [6.45, 7) is 2.92. The van der Waals surface area contributed by atoms with Gasteiger partial charge in [0, 0.05) is 35.7 Å². The molecule has 0 radical (unpaired) electrons. The van der Waals surface area contributed by atoms with Gasteiger partial charge in [-0.15, -0.1) is 0 Å². The summed E-state index contributed by atoms with van der Waals surface area (Å²) in [5.74, 6) is -0.971. The van der Waals surface area contributed by atoms with E-state index < -0.39 is 26.5 Å². The molecule has 1 aromatic rings. The van der Waals surface area contributed by atoms with Crippen LogP contribution in [0.1, 0.15) is 31.2 Å². The summed E-state index contributed by atoms with van der Waals surface area (Å²) in [6.07, 6.45) is 3.79. The summed E-state index contributed by atoms with van der Waals surface area (Å²) in [6, 6.07) is 5.44. The molecule has 0 aliphatic carbocycles. The highest BCUT2D eigenvalue weighted by Gasteiger charge is 2.47. The molecule has 3 N–H and O–H groups in total. The summed E-state index contributed by atoms with van der Waals surface area (Å²) in [5.41, 5.74) is 2.12. The molecule has 0 aromatic heterocycles. The highest BCUT2D eigenvalue weighted by atomic mass is 35.5. The molecular formula is C22H29Cl2N3O5S. The number of sulfone groups is 1. The molecule has 2 atom stereocenters. The van der Waals surface area contributed by atoms with E-state index in [1.807, 2.05) is 6.08 Å². The van der Waals surface area contributed by atoms with Crippen molar-refractivity contribution in [1.29, 1.82) is 0 Å². The number of nitrogens with zero attached hydrogens (tertiary/aromatic N) is 1. The van der Waals surface area contributed by atoms with Crippen molar-refractivity contribution in [2.24, 2.45) is 5.41 Å². The third-order valence-electron chi connectivity index (χ3n) is 7.05. The maximum atomic E-state index is 13.5. The molecule has 3 aliphatic heterocycles. The summed E-state index contributed by atoms with van der Waals surface area (Å²) in [5, 5.41) is 12.6. The summed E-state index contributed by atoms with van der Waals surface area (Å²) in [7, 11) is -3.73. The lowest BCUT2D eigenvalue weighted by molar-refractivity contribution is -0.141. The Morgan fingerprint density at radius 2 is 2.06 bits per heavy atom. The van der Waals surface area contributed by atoms with Crippen molar-refractivity contribution < 1.29 is 23.2 Å². The van der Waals surface area contributed by atoms with Crippen molar-refractivity contribution in [3.05, 3.63) is 39.9 Å². The van der Waals surface area contributed by atoms with E-state index in [2.05, 4.69) is 10.2 Å². The number of likely N-dealkylation sites (tertiary alicyclic amines) is 1. The van der Waals surface area contributed by atoms with Crippen LogP contribution in [0, 0.1) is 5.41 Å². The summed E-state index contributed by atoms with van der Waals surface area (Å²) in [4.78, 5) is 15.0. The van der Waals surface area contributed by atoms with Crippen molar-refractivity contribution in [2.75, 3.05) is 38.6 Å². The molecule has 3 heterocycles. The van der Waals surface area contributed by atoms with Gasteiger partial charge in [0.1, 0.15) is 5.37 Å². The third kappa shape index (κ3) is 5.40. The van der Waals surface area contributed by atoms with Gasteiger partial charge >= 0.3 is 0 Å². The van der Waals surface area contributed by atoms with Gasteiger partial charge in [-0.2, -0.15) is 0 Å². The van der Waals surface area contributed by atoms with Crippen molar-refractivity contribution in [3.8, 4) is 0 Å². The van der Waals surface area contributed by atoms with Crippen molar-refractivity contribution in [2.45, 2.75) is 37.1 Å². The van der Waals surface area contributed by atoms with Gasteiger partial charge in [0.2, 0.25) is 0 Å². The van der Waals surface area contributed by atoms with Crippen LogP contribution in [0.15, 0.2) is 24.3 Å². The Morgan fingerprint density at radius 3 is 2.70 bits per heavy atom. The van der Waals surface area contributed by atoms with Crippen LogP contribution < -0.4 is 10.8 Å². The molecule has 0 bridgehead atoms. The van der Waals surface area contributed by atoms with Crippen LogP contribution in [0.5, 0.6) is 0 Å². The van der Waals surface area contributed by atoms with Crippen LogP contribution in [0.2, 0.25) is 10.0 Å². The average Bonchev–Trinajstić information content (AvgIpc) is 3.34. The van der Waals surface area contributed by atoms with Gasteiger partial charge in [-0.25, -0.2) is 13.9 Å². The normalized spacial score (nSPS) is 26.1. The zero-order valence-corrected chi connectivity index (χ0v) is 20.6. The molecule has 4 rings (SSSR count). The van der Waals surface area contributed by atoms with Crippen molar-refractivity contribution in [3.63, 3.8) is 0 Å². The monoisotopic (exact) mass is 517 g/mol. The first-order valence-corrected chi connectivity index (χ1v) is 13.6. The number of piperidine rings is 1. The Hall–Kier alpha value is -1.20. The van der Waals surface area contributed by atoms with E-state index in [1.165, 1.54) is 0 Å². The number of hydrogen-bond acceptors (Lipinski definition) is 7. The van der Waals surface area contributed by atoms with E-state index in [1.54, 1.807) is 23.7 Å². The smallest absolute Gasteiger partial charge is 0.250 e. The summed E-state index contributed by atoms with van der Waals surface area (Å²) < 4.78 is 32.5. The first kappa shape index (κ1) is 24.9. The number of benzene rings is 1. The molecule has 0 spiro atoms. The number of amides is 1. The predicted molar refractivity (Wildman–Crippen MR) is 127 cm³/mol. The predicted octanol–water partition coefficient (Wildman–Crippen LogP) is 2.49. The fourth-order valence-electron chi connectivity index (χ4n) is 5.06. The number of hydrogen-bond donors (Lipinski definition) is 3. The molecule has 182 valence electrons. The van der Waals surface area contributed by atoms with Gasteiger partial charge in [-0.3, -0.25) is 20.2 Å². The molecule has 1 amide bonds. The van der Waals surface area contributed by atoms with Gasteiger partial charge < -0.3 is 4.74 Å². The largest absolute Gasteiger partial charge is 0.380 e. The maximum absolute atomic E-state index is 13.5. The minimum atomic E-state index is -3.73. The van der Waals surface area contributed by atoms with Crippen LogP contribution in [0.25, 0.3) is 5.57 Å². The zero-order chi connectivity index (χ0) is 23.6. The Kier molecular flexibility index (Phi) is 7.69. The minimum Gasteiger partial charge on any atom is -0.380 e. The molecule has 8 nitrogen and oxygen atoms in total. The van der Waals surface area contributed by atoms with Crippen molar-refractivity contribution in [1.82, 2.24) is 15.7 Å². The van der Waals surface area contributed by atoms with Gasteiger partial charge in [0.15, 0.2) is 9.84 Å². The molecule has 3 aliphatic rings. The van der Waals surface area contributed by atoms with E-state index in [0.29, 0.717) is 55.2 Å². The second-order valence-electron chi connectivity index (χ2n) is 9.04. The van der Waals surface area contributed by atoms with Crippen LogP contribution in [-0.4, -0.2) is 74.4 Å². The topological polar surface area (TPSA) is 108 Å². The second kappa shape index (κ2) is 10.2. The fourth-order valence-corrected chi connectivity index (χ4v) is 7.77. The zero-order valence-electron chi connectivity index (χ0n) is 18.2. The van der Waals surface area contributed by atoms with E-state index >= 15 is 0 Å². The number of rotatable bonds is 6. The third-order valence-corrected chi connectivity index (χ3v) is 9.75. The molecule has 1 aromatic carbocycles. The standard InChI is InChI=1S/C22H29Cl2N3O5S/c23-16-1-2-18(19(24)12-16)15-3-7-25-20(11-15)33(30,31)14-22(21(28)26-29)5-8-27(9-6-22)17-4-10-32-13-17/h1-3,12,17,20,25,29H,4-11,13-14H2,(H,26,28)/t17-,20?/m0/s1. The molecule has 11 heteroatoms. The van der Waals surface area contributed by atoms with Gasteiger partial charge in [-0.1, -0.05) is 35.3 Å². The van der Waals surface area contributed by atoms with Crippen LogP contribution in [-0.2, 0) is 19.4 Å². The molecule has 2 fully saturated rings. The maximum Gasteiger partial charge on any atom is 0.250 e.